The molecule has 6 nitrogen and oxygen atoms in total. The van der Waals surface area contributed by atoms with E-state index in [1.54, 1.807) is 22.5 Å². The zero-order chi connectivity index (χ0) is 14.6. The Labute approximate surface area is 123 Å². The SMILES string of the molecule is NC1CCC2CN(S(=O)(=O)c3ccc4c(c3)OCO4)CC12. The van der Waals surface area contributed by atoms with Crippen LogP contribution in [0.15, 0.2) is 23.1 Å². The van der Waals surface area contributed by atoms with Gasteiger partial charge in [-0.05, 0) is 36.8 Å². The lowest BCUT2D eigenvalue weighted by molar-refractivity contribution is 0.174. The van der Waals surface area contributed by atoms with Gasteiger partial charge in [-0.1, -0.05) is 0 Å². The first-order valence-electron chi connectivity index (χ1n) is 7.21. The molecule has 0 spiro atoms. The summed E-state index contributed by atoms with van der Waals surface area (Å²) in [6.07, 6.45) is 2.03. The van der Waals surface area contributed by atoms with Crippen LogP contribution in [-0.2, 0) is 10.0 Å². The molecule has 3 atom stereocenters. The number of sulfonamides is 1. The van der Waals surface area contributed by atoms with Crippen molar-refractivity contribution in [3.63, 3.8) is 0 Å². The van der Waals surface area contributed by atoms with E-state index in [-0.39, 0.29) is 17.7 Å². The Hall–Kier alpha value is -1.31. The Morgan fingerprint density at radius 3 is 2.76 bits per heavy atom. The molecular formula is C14H18N2O4S. The zero-order valence-electron chi connectivity index (χ0n) is 11.6. The third-order valence-corrected chi connectivity index (χ3v) is 6.69. The molecule has 2 aliphatic heterocycles. The maximum atomic E-state index is 12.8. The molecule has 3 aliphatic rings. The molecule has 1 aromatic rings. The molecule has 7 heteroatoms. The molecule has 0 amide bonds. The van der Waals surface area contributed by atoms with Gasteiger partial charge in [0, 0.05) is 25.2 Å². The minimum Gasteiger partial charge on any atom is -0.454 e. The quantitative estimate of drug-likeness (QED) is 0.872. The largest absolute Gasteiger partial charge is 0.454 e. The van der Waals surface area contributed by atoms with Gasteiger partial charge in [0.15, 0.2) is 11.5 Å². The number of nitrogens with two attached hydrogens (primary N) is 1. The topological polar surface area (TPSA) is 81.9 Å². The number of fused-ring (bicyclic) bond motifs is 2. The Kier molecular flexibility index (Phi) is 2.92. The molecule has 114 valence electrons. The average molecular weight is 310 g/mol. The number of hydrogen-bond acceptors (Lipinski definition) is 5. The molecule has 1 aliphatic carbocycles. The Morgan fingerprint density at radius 2 is 1.95 bits per heavy atom. The predicted molar refractivity (Wildman–Crippen MR) is 75.5 cm³/mol. The van der Waals surface area contributed by atoms with Crippen LogP contribution in [0.2, 0.25) is 0 Å². The molecule has 2 fully saturated rings. The van der Waals surface area contributed by atoms with Gasteiger partial charge < -0.3 is 15.2 Å². The highest BCUT2D eigenvalue weighted by Crippen LogP contribution is 2.40. The number of ether oxygens (including phenoxy) is 2. The summed E-state index contributed by atoms with van der Waals surface area (Å²) in [7, 11) is -3.48. The first-order valence-corrected chi connectivity index (χ1v) is 8.65. The fourth-order valence-corrected chi connectivity index (χ4v) is 5.20. The summed E-state index contributed by atoms with van der Waals surface area (Å²) < 4.78 is 37.6. The van der Waals surface area contributed by atoms with E-state index >= 15 is 0 Å². The molecule has 0 bridgehead atoms. The smallest absolute Gasteiger partial charge is 0.243 e. The average Bonchev–Trinajstić information content (AvgIpc) is 3.15. The number of rotatable bonds is 2. The molecule has 4 rings (SSSR count). The van der Waals surface area contributed by atoms with Crippen LogP contribution in [0, 0.1) is 11.8 Å². The van der Waals surface area contributed by atoms with Crippen molar-refractivity contribution in [2.45, 2.75) is 23.8 Å². The van der Waals surface area contributed by atoms with Crippen LogP contribution in [0.25, 0.3) is 0 Å². The highest BCUT2D eigenvalue weighted by molar-refractivity contribution is 7.89. The predicted octanol–water partition coefficient (Wildman–Crippen LogP) is 0.773. The van der Waals surface area contributed by atoms with Crippen molar-refractivity contribution in [3.8, 4) is 11.5 Å². The van der Waals surface area contributed by atoms with E-state index in [0.717, 1.165) is 12.8 Å². The van der Waals surface area contributed by atoms with Crippen molar-refractivity contribution in [1.82, 2.24) is 4.31 Å². The lowest BCUT2D eigenvalue weighted by Crippen LogP contribution is -2.33. The molecular weight excluding hydrogens is 292 g/mol. The van der Waals surface area contributed by atoms with Crippen LogP contribution in [0.1, 0.15) is 12.8 Å². The maximum Gasteiger partial charge on any atom is 0.243 e. The van der Waals surface area contributed by atoms with Crippen molar-refractivity contribution in [3.05, 3.63) is 18.2 Å². The summed E-state index contributed by atoms with van der Waals surface area (Å²) in [5, 5.41) is 0. The Bertz CT molecular complexity index is 676. The third-order valence-electron chi connectivity index (χ3n) is 4.86. The third kappa shape index (κ3) is 2.03. The van der Waals surface area contributed by atoms with Crippen molar-refractivity contribution in [2.24, 2.45) is 17.6 Å². The second-order valence-electron chi connectivity index (χ2n) is 6.00. The summed E-state index contributed by atoms with van der Waals surface area (Å²) in [5.74, 6) is 1.79. The molecule has 1 aromatic carbocycles. The molecule has 2 N–H and O–H groups in total. The molecule has 3 unspecified atom stereocenters. The van der Waals surface area contributed by atoms with Crippen molar-refractivity contribution >= 4 is 10.0 Å². The minimum atomic E-state index is -3.48. The summed E-state index contributed by atoms with van der Waals surface area (Å²) in [6.45, 7) is 1.25. The fourth-order valence-electron chi connectivity index (χ4n) is 3.65. The Balaban J connectivity index is 1.62. The van der Waals surface area contributed by atoms with Crippen LogP contribution in [0.4, 0.5) is 0 Å². The normalized spacial score (nSPS) is 31.6. The summed E-state index contributed by atoms with van der Waals surface area (Å²) in [6, 6.07) is 4.91. The highest BCUT2D eigenvalue weighted by atomic mass is 32.2. The van der Waals surface area contributed by atoms with Gasteiger partial charge in [0.25, 0.3) is 0 Å². The van der Waals surface area contributed by atoms with Crippen molar-refractivity contribution < 1.29 is 17.9 Å². The van der Waals surface area contributed by atoms with Gasteiger partial charge in [0.1, 0.15) is 0 Å². The lowest BCUT2D eigenvalue weighted by atomic mass is 9.98. The van der Waals surface area contributed by atoms with Gasteiger partial charge in [-0.15, -0.1) is 0 Å². The minimum absolute atomic E-state index is 0.131. The standard InChI is InChI=1S/C14H18N2O4S/c15-12-3-1-9-6-16(7-11(9)12)21(17,18)10-2-4-13-14(5-10)20-8-19-13/h2,4-5,9,11-12H,1,3,6-8,15H2. The lowest BCUT2D eigenvalue weighted by Gasteiger charge is -2.18. The number of benzene rings is 1. The Morgan fingerprint density at radius 1 is 1.14 bits per heavy atom. The first kappa shape index (κ1) is 13.4. The molecule has 1 saturated carbocycles. The van der Waals surface area contributed by atoms with Crippen LogP contribution in [-0.4, -0.2) is 38.6 Å². The molecule has 21 heavy (non-hydrogen) atoms. The fraction of sp³-hybridized carbons (Fsp3) is 0.571. The van der Waals surface area contributed by atoms with E-state index in [2.05, 4.69) is 0 Å². The number of hydrogen-bond donors (Lipinski definition) is 1. The van der Waals surface area contributed by atoms with E-state index in [9.17, 15) is 8.42 Å². The zero-order valence-corrected chi connectivity index (χ0v) is 12.4. The molecule has 0 radical (unpaired) electrons. The second kappa shape index (κ2) is 4.59. The van der Waals surface area contributed by atoms with Gasteiger partial charge in [-0.3, -0.25) is 0 Å². The molecule has 2 heterocycles. The van der Waals surface area contributed by atoms with E-state index < -0.39 is 10.0 Å². The van der Waals surface area contributed by atoms with Crippen LogP contribution in [0.3, 0.4) is 0 Å². The summed E-state index contributed by atoms with van der Waals surface area (Å²) in [5.41, 5.74) is 6.08. The summed E-state index contributed by atoms with van der Waals surface area (Å²) >= 11 is 0. The van der Waals surface area contributed by atoms with Gasteiger partial charge in [-0.2, -0.15) is 4.31 Å². The summed E-state index contributed by atoms with van der Waals surface area (Å²) in [4.78, 5) is 0.264. The van der Waals surface area contributed by atoms with Crippen LogP contribution < -0.4 is 15.2 Å². The van der Waals surface area contributed by atoms with E-state index in [0.29, 0.717) is 36.4 Å². The van der Waals surface area contributed by atoms with Crippen LogP contribution in [0.5, 0.6) is 11.5 Å². The van der Waals surface area contributed by atoms with Gasteiger partial charge in [0.2, 0.25) is 16.8 Å². The van der Waals surface area contributed by atoms with Gasteiger partial charge in [-0.25, -0.2) is 8.42 Å². The molecule has 1 saturated heterocycles. The van der Waals surface area contributed by atoms with E-state index in [4.69, 9.17) is 15.2 Å². The maximum absolute atomic E-state index is 12.8. The highest BCUT2D eigenvalue weighted by Gasteiger charge is 2.45. The second-order valence-corrected chi connectivity index (χ2v) is 7.94. The molecule has 0 aromatic heterocycles. The van der Waals surface area contributed by atoms with Gasteiger partial charge in [0.05, 0.1) is 4.90 Å². The van der Waals surface area contributed by atoms with Gasteiger partial charge >= 0.3 is 0 Å². The van der Waals surface area contributed by atoms with Crippen LogP contribution >= 0.6 is 0 Å². The van der Waals surface area contributed by atoms with Crippen molar-refractivity contribution in [1.29, 1.82) is 0 Å². The first-order chi connectivity index (χ1) is 10.1. The number of nitrogens with zero attached hydrogens (tertiary/aromatic N) is 1. The van der Waals surface area contributed by atoms with E-state index in [1.165, 1.54) is 0 Å². The van der Waals surface area contributed by atoms with Crippen molar-refractivity contribution in [2.75, 3.05) is 19.9 Å². The van der Waals surface area contributed by atoms with E-state index in [1.807, 2.05) is 0 Å². The monoisotopic (exact) mass is 310 g/mol.